The van der Waals surface area contributed by atoms with Gasteiger partial charge in [0.25, 0.3) is 10.1 Å². The van der Waals surface area contributed by atoms with Crippen molar-refractivity contribution in [3.05, 3.63) is 302 Å². The molecule has 0 aliphatic carbocycles. The summed E-state index contributed by atoms with van der Waals surface area (Å²) in [4.78, 5) is 67.0. The minimum Gasteiger partial charge on any atom is -0.466 e. The number of anilines is 4. The highest BCUT2D eigenvalue weighted by Crippen LogP contribution is 2.38. The highest BCUT2D eigenvalue weighted by molar-refractivity contribution is 9.10. The molecule has 21 nitrogen and oxygen atoms in total. The molecule has 0 atom stereocenters. The molecule has 0 saturated carbocycles. The Labute approximate surface area is 670 Å². The van der Waals surface area contributed by atoms with E-state index in [9.17, 15) is 18.0 Å². The number of ether oxygens (including phenoxy) is 2. The summed E-state index contributed by atoms with van der Waals surface area (Å²) < 4.78 is 55.2. The molecule has 4 aliphatic heterocycles. The largest absolute Gasteiger partial charge is 0.466 e. The summed E-state index contributed by atoms with van der Waals surface area (Å²) >= 11 is 6.76. The number of hydrogen-bond acceptors (Lipinski definition) is 22. The van der Waals surface area contributed by atoms with Crippen molar-refractivity contribution in [2.45, 2.75) is 58.3 Å². The number of thiazole rings is 2. The normalized spacial score (nSPS) is 14.4. The summed E-state index contributed by atoms with van der Waals surface area (Å²) in [6, 6.07) is 48.7. The van der Waals surface area contributed by atoms with E-state index in [0.717, 1.165) is 123 Å². The van der Waals surface area contributed by atoms with Crippen LogP contribution < -0.4 is 28.8 Å². The lowest BCUT2D eigenvalue weighted by Gasteiger charge is -2.27. The lowest BCUT2D eigenvalue weighted by Crippen LogP contribution is -2.22. The van der Waals surface area contributed by atoms with Crippen LogP contribution in [0.5, 0.6) is 0 Å². The third kappa shape index (κ3) is 20.4. The molecule has 8 aromatic heterocycles. The lowest BCUT2D eigenvalue weighted by molar-refractivity contribution is -0.144. The zero-order chi connectivity index (χ0) is 78.8. The number of rotatable bonds is 16. The number of hydrogen-bond donors (Lipinski definition) is 1. The highest BCUT2D eigenvalue weighted by Gasteiger charge is 2.21. The minimum absolute atomic E-state index is 0.0666. The summed E-state index contributed by atoms with van der Waals surface area (Å²) in [5.41, 5.74) is 17.8. The van der Waals surface area contributed by atoms with Gasteiger partial charge in [0.2, 0.25) is 11.8 Å². The molecule has 25 heteroatoms. The van der Waals surface area contributed by atoms with E-state index in [1.165, 1.54) is 27.9 Å². The molecule has 13 aromatic rings. The molecule has 0 unspecified atom stereocenters. The lowest BCUT2D eigenvalue weighted by atomic mass is 9.99. The number of aromatic nitrogens is 8. The third-order valence-electron chi connectivity index (χ3n) is 17.9. The Morgan fingerprint density at radius 2 is 1.19 bits per heavy atom. The number of para-hydroxylation sites is 4. The molecule has 0 bridgehead atoms. The van der Waals surface area contributed by atoms with Crippen molar-refractivity contribution in [2.24, 2.45) is 0 Å². The molecule has 0 amide bonds. The van der Waals surface area contributed by atoms with Crippen LogP contribution >= 0.6 is 38.6 Å². The van der Waals surface area contributed by atoms with E-state index >= 15 is 0 Å². The van der Waals surface area contributed by atoms with E-state index in [0.29, 0.717) is 60.3 Å². The number of pyridine rings is 4. The fourth-order valence-electron chi connectivity index (χ4n) is 12.5. The first-order valence-corrected chi connectivity index (χ1v) is 40.3. The van der Waals surface area contributed by atoms with Crippen molar-refractivity contribution in [3.8, 4) is 0 Å². The van der Waals surface area contributed by atoms with E-state index in [1.807, 2.05) is 175 Å². The van der Waals surface area contributed by atoms with Gasteiger partial charge in [0.15, 0.2) is 33.9 Å². The van der Waals surface area contributed by atoms with Crippen LogP contribution in [0.15, 0.2) is 256 Å². The van der Waals surface area contributed by atoms with Gasteiger partial charge in [-0.3, -0.25) is 19.1 Å². The maximum atomic E-state index is 11.6. The van der Waals surface area contributed by atoms with Gasteiger partial charge in [-0.15, -0.1) is 22.7 Å². The number of esters is 2. The van der Waals surface area contributed by atoms with E-state index in [1.54, 1.807) is 47.2 Å². The second kappa shape index (κ2) is 37.1. The molecule has 5 aromatic carbocycles. The van der Waals surface area contributed by atoms with Gasteiger partial charge in [0.05, 0.1) is 32.9 Å². The molecular formula is C88H79BrN12O9S3. The van der Waals surface area contributed by atoms with Gasteiger partial charge in [-0.25, -0.2) is 24.9 Å². The molecule has 0 fully saturated rings. The third-order valence-corrected chi connectivity index (χ3v) is 21.1. The van der Waals surface area contributed by atoms with Crippen LogP contribution in [0.3, 0.4) is 0 Å². The number of allylic oxidation sites excluding steroid dienone is 9. The Hall–Kier alpha value is -12.4. The zero-order valence-corrected chi connectivity index (χ0v) is 66.8. The Balaban J connectivity index is 0.000000127. The second-order valence-electron chi connectivity index (χ2n) is 26.0. The van der Waals surface area contributed by atoms with Crippen molar-refractivity contribution in [3.63, 3.8) is 0 Å². The predicted molar refractivity (Wildman–Crippen MR) is 457 cm³/mol. The predicted octanol–water partition coefficient (Wildman–Crippen LogP) is 18.2. The molecule has 1 N–H and O–H groups in total. The van der Waals surface area contributed by atoms with Gasteiger partial charge in [-0.1, -0.05) is 103 Å². The van der Waals surface area contributed by atoms with Crippen molar-refractivity contribution in [2.75, 3.05) is 60.0 Å². The number of nitrogens with zero attached hydrogens (tertiary/aromatic N) is 12. The van der Waals surface area contributed by atoms with Crippen LogP contribution in [0.4, 0.5) is 22.9 Å². The quantitative estimate of drug-likeness (QED) is 0.0697. The molecule has 0 radical (unpaired) electrons. The number of oxazole rings is 2. The molecule has 17 rings (SSSR count). The first-order valence-electron chi connectivity index (χ1n) is 36.5. The first kappa shape index (κ1) is 78.7. The van der Waals surface area contributed by atoms with Crippen LogP contribution in [0.2, 0.25) is 0 Å². The number of fused-ring (bicyclic) bond motifs is 8. The molecule has 0 saturated heterocycles. The number of aryl methyl sites for hydroxylation is 2. The molecule has 113 heavy (non-hydrogen) atoms. The van der Waals surface area contributed by atoms with Gasteiger partial charge in [0, 0.05) is 151 Å². The van der Waals surface area contributed by atoms with Crippen LogP contribution in [0, 0.1) is 13.8 Å². The Morgan fingerprint density at radius 1 is 0.575 bits per heavy atom. The molecule has 0 spiro atoms. The standard InChI is InChI=1S/C23H23N3O2S.C22H20BrN3O3.C19H15N3O.C17H13N3S.C7H8O3S/c1-3-28-22(27)9-6-11-26-12-10-17(18-7-4-5-8-19(18)26)14-21-25-23-20(29-21)13-16(2)15-24-23;1-2-28-21(27)8-5-10-26-11-9-15(17-6-3-4-7-18(17)26)12-20-25-22-19(29-20)13-16(23)14-24-22;1-22-13-11-14(15-7-2-3-8-16(15)22)6-4-10-18-21-19-17(23-18)9-5-12-20-19;1-20-10-4-7-15-17(20)19-16(21-15)11-12-8-9-18-14-6-3-2-5-13(12)14;1-6-2-4-7(5-3-6)11(8,9)10/h4-5,7-8,10,12-15H,3,6,9,11H2,1-2H3;3-4,6-7,9,11-14H,2,5,8,10H2,1H3;2-13H,1H3;2-11H,1H3;2-5H,1H3,(H,8,9,10). The van der Waals surface area contributed by atoms with Gasteiger partial charge in [0.1, 0.15) is 9.67 Å². The monoisotopic (exact) mass is 1620 g/mol. The molecule has 4 aliphatic rings. The summed E-state index contributed by atoms with van der Waals surface area (Å²) in [7, 11) is 0.0508. The average molecular weight is 1620 g/mol. The smallest absolute Gasteiger partial charge is 0.305 e. The maximum absolute atomic E-state index is 11.6. The van der Waals surface area contributed by atoms with E-state index < -0.39 is 10.1 Å². The number of carbonyl (C=O) groups is 2. The summed E-state index contributed by atoms with van der Waals surface area (Å²) in [6.07, 6.45) is 40.0. The van der Waals surface area contributed by atoms with Gasteiger partial charge < -0.3 is 37.9 Å². The van der Waals surface area contributed by atoms with E-state index in [2.05, 4.69) is 169 Å². The molecule has 570 valence electrons. The summed E-state index contributed by atoms with van der Waals surface area (Å²) in [6.45, 7) is 9.89. The Bertz CT molecular complexity index is 5940. The topological polar surface area (TPSA) is 249 Å². The molecular weight excluding hydrogens is 1550 g/mol. The van der Waals surface area contributed by atoms with E-state index in [-0.39, 0.29) is 16.8 Å². The fraction of sp³-hybridized carbons (Fsp3) is 0.159. The maximum Gasteiger partial charge on any atom is 0.305 e. The SMILES string of the molecule is CCOC(=O)CCCN1C=CC(=Cc2nc3ncc(Br)cc3o2)c2ccccc21.CCOC(=O)CCCN1C=CC(=Cc2nc3ncc(C)cc3s2)c2ccccc21.CN1C=CC(=CC=Cc2nc3ncccc3o2)c2ccccc21.CN1C=CC=c2sc(=Cc3ccnc4ccccc34)nc21.Cc1ccc(S(=O)(=O)O)cc1. The van der Waals surface area contributed by atoms with Crippen LogP contribution in [-0.4, -0.2) is 105 Å². The number of halogens is 1. The second-order valence-corrected chi connectivity index (χ2v) is 30.5. The van der Waals surface area contributed by atoms with Gasteiger partial charge >= 0.3 is 11.9 Å². The van der Waals surface area contributed by atoms with Crippen LogP contribution in [0.25, 0.3) is 90.8 Å². The summed E-state index contributed by atoms with van der Waals surface area (Å²) in [5.74, 6) is 1.80. The zero-order valence-electron chi connectivity index (χ0n) is 62.7. The Morgan fingerprint density at radius 3 is 1.88 bits per heavy atom. The minimum atomic E-state index is -4.02. The first-order chi connectivity index (χ1) is 54.9. The van der Waals surface area contributed by atoms with Crippen molar-refractivity contribution in [1.82, 2.24) is 39.9 Å². The van der Waals surface area contributed by atoms with Gasteiger partial charge in [-0.05, 0) is 188 Å². The highest BCUT2D eigenvalue weighted by atomic mass is 79.9. The number of carbonyl (C=O) groups excluding carboxylic acids is 2. The summed E-state index contributed by atoms with van der Waals surface area (Å²) in [5, 5.41) is 2.10. The van der Waals surface area contributed by atoms with Crippen LogP contribution in [-0.2, 0) is 29.2 Å². The fourth-order valence-corrected chi connectivity index (χ4v) is 15.2. The van der Waals surface area contributed by atoms with Crippen molar-refractivity contribution >= 4 is 174 Å². The van der Waals surface area contributed by atoms with Crippen molar-refractivity contribution in [1.29, 1.82) is 0 Å². The Kier molecular flexibility index (Phi) is 25.8. The van der Waals surface area contributed by atoms with Gasteiger partial charge in [-0.2, -0.15) is 18.4 Å². The number of benzene rings is 5. The van der Waals surface area contributed by atoms with Crippen molar-refractivity contribution < 1.29 is 40.9 Å². The van der Waals surface area contributed by atoms with E-state index in [4.69, 9.17) is 27.8 Å². The molecule has 12 heterocycles. The van der Waals surface area contributed by atoms with Crippen LogP contribution in [0.1, 0.15) is 89.7 Å². The average Bonchev–Trinajstić information content (AvgIpc) is 1.76.